The Hall–Kier alpha value is -0.910. The van der Waals surface area contributed by atoms with Gasteiger partial charge in [0, 0.05) is 50.2 Å². The summed E-state index contributed by atoms with van der Waals surface area (Å²) >= 11 is 0. The van der Waals surface area contributed by atoms with Crippen molar-refractivity contribution in [3.63, 3.8) is 0 Å². The molecule has 6 heteroatoms. The zero-order chi connectivity index (χ0) is 12.4. The van der Waals surface area contributed by atoms with Crippen molar-refractivity contribution in [2.45, 2.75) is 19.8 Å². The number of hydrogen-bond donors (Lipinski definition) is 1. The number of nitrogens with two attached hydrogens (primary N) is 1. The first-order valence-electron chi connectivity index (χ1n) is 4.52. The number of rotatable bonds is 0. The molecule has 1 aliphatic rings. The molecular formula is C9H20N2O3S. The maximum atomic E-state index is 10.5. The van der Waals surface area contributed by atoms with Crippen molar-refractivity contribution < 1.29 is 13.8 Å². The van der Waals surface area contributed by atoms with Gasteiger partial charge in [0.2, 0.25) is 11.8 Å². The third kappa shape index (κ3) is 19.5. The van der Waals surface area contributed by atoms with Crippen molar-refractivity contribution in [1.82, 2.24) is 4.90 Å². The zero-order valence-electron chi connectivity index (χ0n) is 9.78. The van der Waals surface area contributed by atoms with E-state index in [0.29, 0.717) is 5.91 Å². The summed E-state index contributed by atoms with van der Waals surface area (Å²) in [5.41, 5.74) is 4.47. The van der Waals surface area contributed by atoms with Gasteiger partial charge >= 0.3 is 0 Å². The number of carbonyl (C=O) groups is 2. The van der Waals surface area contributed by atoms with E-state index < -0.39 is 10.8 Å². The van der Waals surface area contributed by atoms with Crippen LogP contribution >= 0.6 is 0 Å². The monoisotopic (exact) mass is 236 g/mol. The topological polar surface area (TPSA) is 80.5 Å². The Morgan fingerprint density at radius 1 is 1.47 bits per heavy atom. The van der Waals surface area contributed by atoms with E-state index in [2.05, 4.69) is 5.73 Å². The van der Waals surface area contributed by atoms with E-state index in [9.17, 15) is 13.8 Å². The van der Waals surface area contributed by atoms with E-state index in [0.717, 1.165) is 19.4 Å². The van der Waals surface area contributed by atoms with Crippen LogP contribution in [0.4, 0.5) is 0 Å². The van der Waals surface area contributed by atoms with Crippen LogP contribution in [0.2, 0.25) is 0 Å². The van der Waals surface area contributed by atoms with E-state index in [1.54, 1.807) is 17.4 Å². The van der Waals surface area contributed by atoms with E-state index in [1.807, 2.05) is 7.05 Å². The van der Waals surface area contributed by atoms with Crippen LogP contribution in [0.3, 0.4) is 0 Å². The van der Waals surface area contributed by atoms with Crippen molar-refractivity contribution >= 4 is 22.6 Å². The van der Waals surface area contributed by atoms with Crippen LogP contribution in [0.25, 0.3) is 0 Å². The highest BCUT2D eigenvalue weighted by molar-refractivity contribution is 7.83. The first-order chi connectivity index (χ1) is 6.77. The molecular weight excluding hydrogens is 216 g/mol. The quantitative estimate of drug-likeness (QED) is 0.628. The number of amides is 2. The van der Waals surface area contributed by atoms with Crippen LogP contribution in [-0.4, -0.2) is 47.0 Å². The SMILES string of the molecule is CC(N)=O.CN1CCCC1=O.CS(C)=O. The van der Waals surface area contributed by atoms with Gasteiger partial charge in [-0.25, -0.2) is 0 Å². The predicted molar refractivity (Wildman–Crippen MR) is 61.7 cm³/mol. The molecule has 0 aromatic heterocycles. The fraction of sp³-hybridized carbons (Fsp3) is 0.778. The highest BCUT2D eigenvalue weighted by atomic mass is 32.2. The highest BCUT2D eigenvalue weighted by Gasteiger charge is 2.14. The third-order valence-corrected chi connectivity index (χ3v) is 1.31. The second-order valence-corrected chi connectivity index (χ2v) is 4.75. The molecule has 0 unspecified atom stereocenters. The van der Waals surface area contributed by atoms with Gasteiger partial charge < -0.3 is 10.6 Å². The van der Waals surface area contributed by atoms with E-state index in [4.69, 9.17) is 0 Å². The molecule has 0 aromatic carbocycles. The fourth-order valence-corrected chi connectivity index (χ4v) is 0.783. The van der Waals surface area contributed by atoms with Crippen LogP contribution < -0.4 is 5.73 Å². The van der Waals surface area contributed by atoms with Crippen molar-refractivity contribution in [3.8, 4) is 0 Å². The second-order valence-electron chi connectivity index (χ2n) is 3.27. The summed E-state index contributed by atoms with van der Waals surface area (Å²) in [6.45, 7) is 2.26. The summed E-state index contributed by atoms with van der Waals surface area (Å²) in [6.07, 6.45) is 5.09. The molecule has 90 valence electrons. The third-order valence-electron chi connectivity index (χ3n) is 1.31. The van der Waals surface area contributed by atoms with Gasteiger partial charge in [-0.3, -0.25) is 13.8 Å². The van der Waals surface area contributed by atoms with Crippen LogP contribution in [0.5, 0.6) is 0 Å². The lowest BCUT2D eigenvalue weighted by Gasteiger charge is -2.03. The summed E-state index contributed by atoms with van der Waals surface area (Å²) in [6, 6.07) is 0. The first kappa shape index (κ1) is 16.5. The number of hydrogen-bond acceptors (Lipinski definition) is 3. The van der Waals surface area contributed by atoms with Gasteiger partial charge in [0.05, 0.1) is 0 Å². The molecule has 2 amide bonds. The Bertz CT molecular complexity index is 211. The molecule has 0 atom stereocenters. The average Bonchev–Trinajstić information content (AvgIpc) is 2.33. The average molecular weight is 236 g/mol. The summed E-state index contributed by atoms with van der Waals surface area (Å²) in [7, 11) is 1.23. The van der Waals surface area contributed by atoms with Gasteiger partial charge in [-0.15, -0.1) is 0 Å². The normalized spacial score (nSPS) is 13.9. The van der Waals surface area contributed by atoms with Crippen LogP contribution in [0.15, 0.2) is 0 Å². The molecule has 1 aliphatic heterocycles. The lowest BCUT2D eigenvalue weighted by atomic mass is 10.4. The van der Waals surface area contributed by atoms with E-state index >= 15 is 0 Å². The Morgan fingerprint density at radius 2 is 1.80 bits per heavy atom. The summed E-state index contributed by atoms with van der Waals surface area (Å²) in [4.78, 5) is 21.5. The van der Waals surface area contributed by atoms with E-state index in [1.165, 1.54) is 6.92 Å². The van der Waals surface area contributed by atoms with Crippen LogP contribution in [0, 0.1) is 0 Å². The number of likely N-dealkylation sites (tertiary alicyclic amines) is 1. The maximum absolute atomic E-state index is 10.5. The number of carbonyl (C=O) groups excluding carboxylic acids is 2. The van der Waals surface area contributed by atoms with Crippen molar-refractivity contribution in [3.05, 3.63) is 0 Å². The molecule has 0 radical (unpaired) electrons. The molecule has 15 heavy (non-hydrogen) atoms. The molecule has 0 bridgehead atoms. The van der Waals surface area contributed by atoms with Crippen LogP contribution in [0.1, 0.15) is 19.8 Å². The maximum Gasteiger partial charge on any atom is 0.222 e. The molecule has 1 rings (SSSR count). The lowest BCUT2D eigenvalue weighted by molar-refractivity contribution is -0.126. The number of nitrogens with zero attached hydrogens (tertiary/aromatic N) is 1. The van der Waals surface area contributed by atoms with Gasteiger partial charge in [0.1, 0.15) is 0 Å². The summed E-state index contributed by atoms with van der Waals surface area (Å²) < 4.78 is 9.56. The van der Waals surface area contributed by atoms with Crippen LogP contribution in [-0.2, 0) is 20.4 Å². The van der Waals surface area contributed by atoms with Gasteiger partial charge in [-0.05, 0) is 6.42 Å². The molecule has 1 heterocycles. The summed E-state index contributed by atoms with van der Waals surface area (Å²) in [5.74, 6) is -0.0417. The predicted octanol–water partition coefficient (Wildman–Crippen LogP) is -0.275. The smallest absolute Gasteiger partial charge is 0.222 e. The molecule has 0 spiro atoms. The molecule has 0 aromatic rings. The molecule has 0 aliphatic carbocycles. The minimum Gasteiger partial charge on any atom is -0.370 e. The Morgan fingerprint density at radius 3 is 1.87 bits per heavy atom. The standard InChI is InChI=1S/C5H9NO.C2H5NO.C2H6OS/c1-6-4-2-3-5(6)7;1-2(3)4;1-4(2)3/h2-4H2,1H3;1H3,(H2,3,4);1-2H3. The Balaban J connectivity index is 0. The minimum absolute atomic E-state index is 0.292. The molecule has 1 fully saturated rings. The summed E-state index contributed by atoms with van der Waals surface area (Å²) in [5, 5.41) is 0. The molecule has 5 nitrogen and oxygen atoms in total. The molecule has 2 N–H and O–H groups in total. The van der Waals surface area contributed by atoms with Gasteiger partial charge in [-0.2, -0.15) is 0 Å². The Labute approximate surface area is 93.5 Å². The minimum atomic E-state index is -0.611. The Kier molecular flexibility index (Phi) is 10.6. The first-order valence-corrected chi connectivity index (χ1v) is 6.49. The number of primary amides is 1. The van der Waals surface area contributed by atoms with Gasteiger partial charge in [0.15, 0.2) is 0 Å². The van der Waals surface area contributed by atoms with Crippen molar-refractivity contribution in [2.75, 3.05) is 26.1 Å². The molecule has 0 saturated carbocycles. The largest absolute Gasteiger partial charge is 0.370 e. The second kappa shape index (κ2) is 9.64. The zero-order valence-corrected chi connectivity index (χ0v) is 10.6. The van der Waals surface area contributed by atoms with E-state index in [-0.39, 0.29) is 5.91 Å². The lowest BCUT2D eigenvalue weighted by Crippen LogP contribution is -2.17. The van der Waals surface area contributed by atoms with Crippen molar-refractivity contribution in [1.29, 1.82) is 0 Å². The highest BCUT2D eigenvalue weighted by Crippen LogP contribution is 2.04. The fourth-order valence-electron chi connectivity index (χ4n) is 0.783. The van der Waals surface area contributed by atoms with Gasteiger partial charge in [0.25, 0.3) is 0 Å². The molecule has 1 saturated heterocycles. The van der Waals surface area contributed by atoms with Gasteiger partial charge in [-0.1, -0.05) is 0 Å². The van der Waals surface area contributed by atoms with Crippen molar-refractivity contribution in [2.24, 2.45) is 5.73 Å².